The summed E-state index contributed by atoms with van der Waals surface area (Å²) in [4.78, 5) is 14.0. The smallest absolute Gasteiger partial charge is 0.254 e. The van der Waals surface area contributed by atoms with Gasteiger partial charge in [0, 0.05) is 25.2 Å². The molecule has 0 saturated carbocycles. The van der Waals surface area contributed by atoms with Gasteiger partial charge in [0.2, 0.25) is 0 Å². The maximum atomic E-state index is 12.0. The molecular weight excluding hydrogens is 286 g/mol. The predicted molar refractivity (Wildman–Crippen MR) is 75.0 cm³/mol. The Kier molecular flexibility index (Phi) is 5.54. The van der Waals surface area contributed by atoms with E-state index in [-0.39, 0.29) is 24.8 Å². The van der Waals surface area contributed by atoms with Crippen molar-refractivity contribution in [2.45, 2.75) is 0 Å². The molecular formula is C12H15NO4S2. The molecule has 0 aliphatic rings. The summed E-state index contributed by atoms with van der Waals surface area (Å²) < 4.78 is 22.1. The lowest BCUT2D eigenvalue weighted by Crippen LogP contribution is -2.31. The minimum atomic E-state index is -3.08. The number of amides is 1. The number of carbonyl (C=O) groups is 1. The van der Waals surface area contributed by atoms with Crippen LogP contribution in [0, 0.1) is 11.8 Å². The molecule has 0 atom stereocenters. The first-order valence-electron chi connectivity index (χ1n) is 5.45. The van der Waals surface area contributed by atoms with Gasteiger partial charge >= 0.3 is 0 Å². The summed E-state index contributed by atoms with van der Waals surface area (Å²) in [5.41, 5.74) is 0.475. The molecule has 0 saturated heterocycles. The first-order valence-corrected chi connectivity index (χ1v) is 8.39. The Hall–Kier alpha value is -1.36. The van der Waals surface area contributed by atoms with E-state index in [1.165, 1.54) is 16.2 Å². The van der Waals surface area contributed by atoms with E-state index in [1.807, 2.05) is 0 Å². The SMILES string of the molecule is CN(CCS(C)(=O)=O)C(=O)c1csc(C#CCO)c1. The molecule has 7 heteroatoms. The van der Waals surface area contributed by atoms with Crippen molar-refractivity contribution >= 4 is 27.1 Å². The summed E-state index contributed by atoms with van der Waals surface area (Å²) in [6.07, 6.45) is 1.14. The van der Waals surface area contributed by atoms with Crippen molar-refractivity contribution in [2.75, 3.05) is 32.2 Å². The molecule has 0 unspecified atom stereocenters. The van der Waals surface area contributed by atoms with Crippen LogP contribution in [0.3, 0.4) is 0 Å². The van der Waals surface area contributed by atoms with E-state index in [0.717, 1.165) is 6.26 Å². The van der Waals surface area contributed by atoms with E-state index in [9.17, 15) is 13.2 Å². The molecule has 1 rings (SSSR count). The number of aliphatic hydroxyl groups excluding tert-OH is 1. The highest BCUT2D eigenvalue weighted by atomic mass is 32.2. The van der Waals surface area contributed by atoms with E-state index in [4.69, 9.17) is 5.11 Å². The van der Waals surface area contributed by atoms with Gasteiger partial charge in [-0.25, -0.2) is 8.42 Å². The highest BCUT2D eigenvalue weighted by Crippen LogP contribution is 2.15. The minimum absolute atomic E-state index is 0.0590. The molecule has 1 aromatic heterocycles. The summed E-state index contributed by atoms with van der Waals surface area (Å²) in [5, 5.41) is 10.2. The monoisotopic (exact) mass is 301 g/mol. The molecule has 5 nitrogen and oxygen atoms in total. The van der Waals surface area contributed by atoms with E-state index >= 15 is 0 Å². The second-order valence-corrected chi connectivity index (χ2v) is 7.19. The molecule has 19 heavy (non-hydrogen) atoms. The Morgan fingerprint density at radius 2 is 2.21 bits per heavy atom. The van der Waals surface area contributed by atoms with Crippen LogP contribution in [-0.2, 0) is 9.84 Å². The third kappa shape index (κ3) is 5.42. The summed E-state index contributed by atoms with van der Waals surface area (Å²) in [6.45, 7) is -0.0688. The Bertz CT molecular complexity index is 607. The Labute approximate surface area is 116 Å². The van der Waals surface area contributed by atoms with Gasteiger partial charge in [0.25, 0.3) is 5.91 Å². The van der Waals surface area contributed by atoms with Crippen molar-refractivity contribution in [3.8, 4) is 11.8 Å². The number of rotatable bonds is 4. The van der Waals surface area contributed by atoms with Crippen LogP contribution in [-0.4, -0.2) is 56.5 Å². The zero-order chi connectivity index (χ0) is 14.5. The molecule has 0 fully saturated rings. The molecule has 0 radical (unpaired) electrons. The van der Waals surface area contributed by atoms with Crippen LogP contribution in [0.15, 0.2) is 11.4 Å². The molecule has 1 heterocycles. The van der Waals surface area contributed by atoms with Crippen molar-refractivity contribution < 1.29 is 18.3 Å². The van der Waals surface area contributed by atoms with E-state index in [1.54, 1.807) is 18.5 Å². The van der Waals surface area contributed by atoms with Gasteiger partial charge in [-0.1, -0.05) is 11.8 Å². The number of nitrogens with zero attached hydrogens (tertiary/aromatic N) is 1. The molecule has 104 valence electrons. The van der Waals surface area contributed by atoms with Crippen LogP contribution in [0.2, 0.25) is 0 Å². The normalized spacial score (nSPS) is 10.7. The minimum Gasteiger partial charge on any atom is -0.384 e. The van der Waals surface area contributed by atoms with Crippen molar-refractivity contribution in [2.24, 2.45) is 0 Å². The van der Waals surface area contributed by atoms with Crippen molar-refractivity contribution in [3.63, 3.8) is 0 Å². The first-order chi connectivity index (χ1) is 8.83. The van der Waals surface area contributed by atoms with Crippen molar-refractivity contribution in [1.82, 2.24) is 4.90 Å². The van der Waals surface area contributed by atoms with Gasteiger partial charge in [-0.15, -0.1) is 11.3 Å². The standard InChI is InChI=1S/C12H15NO4S2/c1-13(5-7-19(2,16)17)12(15)10-8-11(18-9-10)4-3-6-14/h8-9,14H,5-7H2,1-2H3. The third-order valence-electron chi connectivity index (χ3n) is 2.28. The first kappa shape index (κ1) is 15.7. The fourth-order valence-electron chi connectivity index (χ4n) is 1.27. The summed E-state index contributed by atoms with van der Waals surface area (Å²) in [5.74, 6) is 4.92. The average Bonchev–Trinajstić information content (AvgIpc) is 2.80. The van der Waals surface area contributed by atoms with Gasteiger partial charge in [0.05, 0.1) is 16.2 Å². The van der Waals surface area contributed by atoms with Crippen LogP contribution in [0.5, 0.6) is 0 Å². The van der Waals surface area contributed by atoms with Gasteiger partial charge < -0.3 is 10.0 Å². The molecule has 0 aliphatic heterocycles. The second kappa shape index (κ2) is 6.70. The zero-order valence-electron chi connectivity index (χ0n) is 10.7. The van der Waals surface area contributed by atoms with Gasteiger partial charge in [-0.3, -0.25) is 4.79 Å². The topological polar surface area (TPSA) is 74.7 Å². The number of hydrogen-bond donors (Lipinski definition) is 1. The number of carbonyl (C=O) groups excluding carboxylic acids is 1. The Morgan fingerprint density at radius 1 is 1.53 bits per heavy atom. The number of aliphatic hydroxyl groups is 1. The fourth-order valence-corrected chi connectivity index (χ4v) is 2.62. The van der Waals surface area contributed by atoms with E-state index in [2.05, 4.69) is 11.8 Å². The van der Waals surface area contributed by atoms with Crippen LogP contribution in [0.1, 0.15) is 15.2 Å². The second-order valence-electron chi connectivity index (χ2n) is 4.02. The summed E-state index contributed by atoms with van der Waals surface area (Å²) in [6, 6.07) is 1.63. The quantitative estimate of drug-likeness (QED) is 0.807. The number of thiophene rings is 1. The summed E-state index contributed by atoms with van der Waals surface area (Å²) >= 11 is 1.31. The molecule has 1 aromatic rings. The highest BCUT2D eigenvalue weighted by molar-refractivity contribution is 7.90. The lowest BCUT2D eigenvalue weighted by Gasteiger charge is -2.15. The Morgan fingerprint density at radius 3 is 2.79 bits per heavy atom. The molecule has 0 bridgehead atoms. The van der Waals surface area contributed by atoms with Crippen LogP contribution in [0.25, 0.3) is 0 Å². The lowest BCUT2D eigenvalue weighted by molar-refractivity contribution is 0.0804. The molecule has 1 N–H and O–H groups in total. The predicted octanol–water partition coefficient (Wildman–Crippen LogP) is 0.209. The van der Waals surface area contributed by atoms with Crippen LogP contribution in [0.4, 0.5) is 0 Å². The number of hydrogen-bond acceptors (Lipinski definition) is 5. The fraction of sp³-hybridized carbons (Fsp3) is 0.417. The van der Waals surface area contributed by atoms with Crippen molar-refractivity contribution in [1.29, 1.82) is 0 Å². The van der Waals surface area contributed by atoms with Crippen LogP contribution >= 0.6 is 11.3 Å². The van der Waals surface area contributed by atoms with Gasteiger partial charge in [-0.2, -0.15) is 0 Å². The van der Waals surface area contributed by atoms with Gasteiger partial charge in [0.1, 0.15) is 16.4 Å². The van der Waals surface area contributed by atoms with Crippen molar-refractivity contribution in [3.05, 3.63) is 21.9 Å². The molecule has 0 aliphatic carbocycles. The highest BCUT2D eigenvalue weighted by Gasteiger charge is 2.15. The van der Waals surface area contributed by atoms with Gasteiger partial charge in [0.15, 0.2) is 0 Å². The van der Waals surface area contributed by atoms with E-state index < -0.39 is 9.84 Å². The summed E-state index contributed by atoms with van der Waals surface area (Å²) in [7, 11) is -1.52. The average molecular weight is 301 g/mol. The Balaban J connectivity index is 2.69. The maximum Gasteiger partial charge on any atom is 0.254 e. The van der Waals surface area contributed by atoms with Crippen LogP contribution < -0.4 is 0 Å². The third-order valence-corrected chi connectivity index (χ3v) is 4.05. The number of sulfone groups is 1. The zero-order valence-corrected chi connectivity index (χ0v) is 12.3. The lowest BCUT2D eigenvalue weighted by atomic mass is 10.3. The molecule has 1 amide bonds. The largest absolute Gasteiger partial charge is 0.384 e. The molecule has 0 aromatic carbocycles. The van der Waals surface area contributed by atoms with Gasteiger partial charge in [-0.05, 0) is 6.07 Å². The maximum absolute atomic E-state index is 12.0. The molecule has 0 spiro atoms. The van der Waals surface area contributed by atoms with E-state index in [0.29, 0.717) is 10.4 Å².